The highest BCUT2D eigenvalue weighted by Gasteiger charge is 2.20. The van der Waals surface area contributed by atoms with E-state index in [1.807, 2.05) is 45.9 Å². The predicted octanol–water partition coefficient (Wildman–Crippen LogP) is 3.84. The molecule has 2 aromatic rings. The number of nitrogens with zero attached hydrogens (tertiary/aromatic N) is 1. The van der Waals surface area contributed by atoms with Gasteiger partial charge in [-0.15, -0.1) is 0 Å². The fourth-order valence-corrected chi connectivity index (χ4v) is 2.57. The molecule has 106 valence electrons. The number of pyridine rings is 1. The highest BCUT2D eigenvalue weighted by Crippen LogP contribution is 2.27. The van der Waals surface area contributed by atoms with Crippen molar-refractivity contribution in [3.63, 3.8) is 0 Å². The average molecular weight is 272 g/mol. The Morgan fingerprint density at radius 1 is 1.15 bits per heavy atom. The summed E-state index contributed by atoms with van der Waals surface area (Å²) in [7, 11) is 0. The highest BCUT2D eigenvalue weighted by molar-refractivity contribution is 5.38. The molecule has 0 aliphatic heterocycles. The lowest BCUT2D eigenvalue weighted by molar-refractivity contribution is 0.548. The van der Waals surface area contributed by atoms with E-state index in [0.29, 0.717) is 5.56 Å². The van der Waals surface area contributed by atoms with Crippen molar-refractivity contribution in [3.05, 3.63) is 64.2 Å². The minimum atomic E-state index is -0.208. The monoisotopic (exact) mass is 272 g/mol. The number of hydrogen-bond donors (Lipinski definition) is 1. The lowest BCUT2D eigenvalue weighted by Crippen LogP contribution is -2.25. The molecular weight excluding hydrogens is 251 g/mol. The van der Waals surface area contributed by atoms with E-state index in [9.17, 15) is 4.39 Å². The van der Waals surface area contributed by atoms with E-state index in [2.05, 4.69) is 10.3 Å². The molecule has 1 aromatic heterocycles. The number of halogens is 1. The normalized spacial score (nSPS) is 12.4. The summed E-state index contributed by atoms with van der Waals surface area (Å²) in [4.78, 5) is 4.41. The number of nitrogens with one attached hydrogen (secondary N) is 1. The Morgan fingerprint density at radius 2 is 1.90 bits per heavy atom. The smallest absolute Gasteiger partial charge is 0.128 e. The van der Waals surface area contributed by atoms with E-state index >= 15 is 0 Å². The Labute approximate surface area is 120 Å². The Bertz CT molecular complexity index is 585. The molecule has 1 heterocycles. The average Bonchev–Trinajstić information content (AvgIpc) is 2.36. The summed E-state index contributed by atoms with van der Waals surface area (Å²) in [6.45, 7) is 8.66. The molecule has 0 radical (unpaired) electrons. The molecule has 2 rings (SSSR count). The Hall–Kier alpha value is -1.74. The van der Waals surface area contributed by atoms with Gasteiger partial charge in [-0.1, -0.05) is 13.0 Å². The van der Waals surface area contributed by atoms with Gasteiger partial charge in [-0.05, 0) is 62.2 Å². The van der Waals surface area contributed by atoms with Gasteiger partial charge in [0.15, 0.2) is 0 Å². The van der Waals surface area contributed by atoms with Gasteiger partial charge in [-0.3, -0.25) is 4.98 Å². The van der Waals surface area contributed by atoms with Crippen LogP contribution in [0.5, 0.6) is 0 Å². The second-order valence-corrected chi connectivity index (χ2v) is 5.23. The van der Waals surface area contributed by atoms with Crippen LogP contribution in [0.1, 0.15) is 40.9 Å². The Balaban J connectivity index is 2.54. The molecule has 1 N–H and O–H groups in total. The summed E-state index contributed by atoms with van der Waals surface area (Å²) >= 11 is 0. The van der Waals surface area contributed by atoms with Gasteiger partial charge < -0.3 is 5.32 Å². The second-order valence-electron chi connectivity index (χ2n) is 5.23. The van der Waals surface area contributed by atoms with Crippen LogP contribution in [0.2, 0.25) is 0 Å². The molecule has 0 saturated heterocycles. The van der Waals surface area contributed by atoms with Crippen LogP contribution in [0.4, 0.5) is 4.39 Å². The van der Waals surface area contributed by atoms with Gasteiger partial charge in [-0.2, -0.15) is 0 Å². The predicted molar refractivity (Wildman–Crippen MR) is 80.4 cm³/mol. The first-order valence-electron chi connectivity index (χ1n) is 6.95. The maximum Gasteiger partial charge on any atom is 0.128 e. The summed E-state index contributed by atoms with van der Waals surface area (Å²) in [5, 5.41) is 3.34. The third-order valence-electron chi connectivity index (χ3n) is 3.41. The van der Waals surface area contributed by atoms with Crippen LogP contribution >= 0.6 is 0 Å². The van der Waals surface area contributed by atoms with Crippen LogP contribution in [0.15, 0.2) is 30.5 Å². The van der Waals surface area contributed by atoms with Crippen molar-refractivity contribution in [2.24, 2.45) is 0 Å². The van der Waals surface area contributed by atoms with Gasteiger partial charge in [-0.25, -0.2) is 4.39 Å². The first-order chi connectivity index (χ1) is 9.52. The topological polar surface area (TPSA) is 24.9 Å². The first-order valence-corrected chi connectivity index (χ1v) is 6.95. The molecule has 0 aliphatic rings. The van der Waals surface area contributed by atoms with E-state index in [-0.39, 0.29) is 11.9 Å². The zero-order chi connectivity index (χ0) is 14.7. The van der Waals surface area contributed by atoms with Gasteiger partial charge in [0.25, 0.3) is 0 Å². The van der Waals surface area contributed by atoms with Crippen LogP contribution in [-0.2, 0) is 0 Å². The molecule has 20 heavy (non-hydrogen) atoms. The highest BCUT2D eigenvalue weighted by atomic mass is 19.1. The molecule has 1 aromatic carbocycles. The van der Waals surface area contributed by atoms with Crippen LogP contribution in [0.25, 0.3) is 0 Å². The molecule has 0 bridgehead atoms. The van der Waals surface area contributed by atoms with Crippen molar-refractivity contribution in [1.82, 2.24) is 10.3 Å². The zero-order valence-electron chi connectivity index (χ0n) is 12.5. The third-order valence-corrected chi connectivity index (χ3v) is 3.41. The molecule has 3 heteroatoms. The molecule has 1 unspecified atom stereocenters. The molecule has 0 aliphatic carbocycles. The number of benzene rings is 1. The Kier molecular flexibility index (Phi) is 4.50. The molecule has 0 amide bonds. The van der Waals surface area contributed by atoms with E-state index in [1.54, 1.807) is 12.3 Å². The molecule has 1 atom stereocenters. The number of aryl methyl sites for hydroxylation is 3. The van der Waals surface area contributed by atoms with Crippen LogP contribution in [0.3, 0.4) is 0 Å². The number of aromatic nitrogens is 1. The largest absolute Gasteiger partial charge is 0.305 e. The lowest BCUT2D eigenvalue weighted by Gasteiger charge is -2.21. The van der Waals surface area contributed by atoms with Crippen LogP contribution in [0, 0.1) is 26.6 Å². The van der Waals surface area contributed by atoms with E-state index < -0.39 is 0 Å². The van der Waals surface area contributed by atoms with Gasteiger partial charge in [0.1, 0.15) is 5.82 Å². The van der Waals surface area contributed by atoms with Crippen molar-refractivity contribution in [1.29, 1.82) is 0 Å². The summed E-state index contributed by atoms with van der Waals surface area (Å²) in [6.07, 6.45) is 1.77. The minimum absolute atomic E-state index is 0.170. The van der Waals surface area contributed by atoms with Crippen LogP contribution < -0.4 is 5.32 Å². The first kappa shape index (κ1) is 14.7. The van der Waals surface area contributed by atoms with Crippen molar-refractivity contribution in [2.45, 2.75) is 33.7 Å². The quantitative estimate of drug-likeness (QED) is 0.914. The zero-order valence-corrected chi connectivity index (χ0v) is 12.5. The number of hydrogen-bond acceptors (Lipinski definition) is 2. The van der Waals surface area contributed by atoms with E-state index in [4.69, 9.17) is 0 Å². The van der Waals surface area contributed by atoms with Gasteiger partial charge in [0.2, 0.25) is 0 Å². The number of rotatable bonds is 4. The van der Waals surface area contributed by atoms with Crippen molar-refractivity contribution < 1.29 is 4.39 Å². The molecular formula is C17H21FN2. The SMILES string of the molecule is CCNC(c1cc(C)ccn1)c1c(C)cc(C)cc1F. The maximum absolute atomic E-state index is 14.4. The minimum Gasteiger partial charge on any atom is -0.305 e. The molecule has 0 fully saturated rings. The maximum atomic E-state index is 14.4. The van der Waals surface area contributed by atoms with Crippen molar-refractivity contribution >= 4 is 0 Å². The summed E-state index contributed by atoms with van der Waals surface area (Å²) < 4.78 is 14.4. The standard InChI is InChI=1S/C17H21FN2/c1-5-19-17(15-10-11(2)6-7-20-15)16-13(4)8-12(3)9-14(16)18/h6-10,17,19H,5H2,1-4H3. The third kappa shape index (κ3) is 3.05. The van der Waals surface area contributed by atoms with Gasteiger partial charge in [0.05, 0.1) is 11.7 Å². The van der Waals surface area contributed by atoms with Gasteiger partial charge >= 0.3 is 0 Å². The van der Waals surface area contributed by atoms with E-state index in [1.165, 1.54) is 0 Å². The summed E-state index contributed by atoms with van der Waals surface area (Å²) in [5.74, 6) is -0.170. The van der Waals surface area contributed by atoms with Crippen LogP contribution in [-0.4, -0.2) is 11.5 Å². The van der Waals surface area contributed by atoms with Crippen molar-refractivity contribution in [2.75, 3.05) is 6.54 Å². The molecule has 0 saturated carbocycles. The second kappa shape index (κ2) is 6.14. The van der Waals surface area contributed by atoms with E-state index in [0.717, 1.165) is 28.9 Å². The van der Waals surface area contributed by atoms with Gasteiger partial charge in [0, 0.05) is 11.8 Å². The summed E-state index contributed by atoms with van der Waals surface area (Å²) in [5.41, 5.74) is 4.57. The molecule has 0 spiro atoms. The molecule has 2 nitrogen and oxygen atoms in total. The van der Waals surface area contributed by atoms with Crippen molar-refractivity contribution in [3.8, 4) is 0 Å². The Morgan fingerprint density at radius 3 is 2.50 bits per heavy atom. The fourth-order valence-electron chi connectivity index (χ4n) is 2.57. The fraction of sp³-hybridized carbons (Fsp3) is 0.353. The lowest BCUT2D eigenvalue weighted by atomic mass is 9.95. The summed E-state index contributed by atoms with van der Waals surface area (Å²) in [6, 6.07) is 7.35.